The van der Waals surface area contributed by atoms with Crippen LogP contribution in [0.1, 0.15) is 18.4 Å². The highest BCUT2D eigenvalue weighted by Gasteiger charge is 2.32. The minimum Gasteiger partial charge on any atom is -0.364 e. The Labute approximate surface area is 207 Å². The average Bonchev–Trinajstić information content (AvgIpc) is 3.43. The van der Waals surface area contributed by atoms with Crippen molar-refractivity contribution >= 4 is 57.8 Å². The first-order chi connectivity index (χ1) is 16.4. The van der Waals surface area contributed by atoms with E-state index in [2.05, 4.69) is 15.5 Å². The number of aromatic nitrogens is 3. The Kier molecular flexibility index (Phi) is 6.22. The molecule has 2 aliphatic heterocycles. The van der Waals surface area contributed by atoms with Crippen LogP contribution in [-0.2, 0) is 23.2 Å². The molecule has 0 bridgehead atoms. The quantitative estimate of drug-likeness (QED) is 0.558. The molecular weight excluding hydrogens is 477 g/mol. The lowest BCUT2D eigenvalue weighted by molar-refractivity contribution is -0.134. The standard InChI is InChI=1S/C23H25Cl2N7O2/c1-30-7-6-17-20(30)21(26-13-14-2-3-15(24)12-16(14)25)29-23(28-17)32-10-8-31(9-11-32)22(34)18-4-5-19(33)27-18/h2-3,6-7,12,18H,4-5,8-11,13H2,1H3,(H,27,33)(H,26,28,29)/t18-/m1/s1. The molecule has 0 radical (unpaired) electrons. The summed E-state index contributed by atoms with van der Waals surface area (Å²) >= 11 is 12.4. The zero-order valence-electron chi connectivity index (χ0n) is 18.7. The van der Waals surface area contributed by atoms with E-state index < -0.39 is 6.04 Å². The number of halogens is 2. The van der Waals surface area contributed by atoms with Crippen molar-refractivity contribution in [2.75, 3.05) is 36.4 Å². The van der Waals surface area contributed by atoms with Crippen molar-refractivity contribution in [3.63, 3.8) is 0 Å². The lowest BCUT2D eigenvalue weighted by atomic mass is 10.2. The maximum absolute atomic E-state index is 12.7. The monoisotopic (exact) mass is 501 g/mol. The molecule has 9 nitrogen and oxygen atoms in total. The summed E-state index contributed by atoms with van der Waals surface area (Å²) in [5.41, 5.74) is 2.66. The summed E-state index contributed by atoms with van der Waals surface area (Å²) in [5.74, 6) is 1.27. The van der Waals surface area contributed by atoms with Crippen LogP contribution in [0.5, 0.6) is 0 Å². The van der Waals surface area contributed by atoms with Crippen LogP contribution in [0.25, 0.3) is 11.0 Å². The predicted molar refractivity (Wildman–Crippen MR) is 132 cm³/mol. The first-order valence-corrected chi connectivity index (χ1v) is 12.0. The molecule has 1 atom stereocenters. The van der Waals surface area contributed by atoms with Gasteiger partial charge in [0.15, 0.2) is 5.82 Å². The van der Waals surface area contributed by atoms with Crippen molar-refractivity contribution in [2.45, 2.75) is 25.4 Å². The van der Waals surface area contributed by atoms with Gasteiger partial charge in [0.25, 0.3) is 0 Å². The number of carbonyl (C=O) groups excluding carboxylic acids is 2. The molecule has 4 heterocycles. The molecular formula is C23H25Cl2N7O2. The molecule has 2 amide bonds. The summed E-state index contributed by atoms with van der Waals surface area (Å²) < 4.78 is 1.98. The van der Waals surface area contributed by atoms with Crippen LogP contribution < -0.4 is 15.5 Å². The molecule has 2 aromatic heterocycles. The highest BCUT2D eigenvalue weighted by atomic mass is 35.5. The Morgan fingerprint density at radius 2 is 1.97 bits per heavy atom. The topological polar surface area (TPSA) is 95.4 Å². The van der Waals surface area contributed by atoms with E-state index >= 15 is 0 Å². The molecule has 1 aromatic carbocycles. The molecule has 178 valence electrons. The zero-order valence-corrected chi connectivity index (χ0v) is 20.2. The van der Waals surface area contributed by atoms with Crippen LogP contribution in [0, 0.1) is 0 Å². The van der Waals surface area contributed by atoms with Crippen LogP contribution >= 0.6 is 23.2 Å². The molecule has 0 spiro atoms. The number of nitrogens with zero attached hydrogens (tertiary/aromatic N) is 5. The SMILES string of the molecule is Cn1ccc2nc(N3CCN(C(=O)[C@H]4CCC(=O)N4)CC3)nc(NCc3ccc(Cl)cc3Cl)c21. The van der Waals surface area contributed by atoms with Gasteiger partial charge in [-0.3, -0.25) is 9.59 Å². The number of carbonyl (C=O) groups is 2. The van der Waals surface area contributed by atoms with Gasteiger partial charge in [-0.1, -0.05) is 29.3 Å². The molecule has 11 heteroatoms. The Hall–Kier alpha value is -3.04. The third-order valence-electron chi connectivity index (χ3n) is 6.34. The Balaban J connectivity index is 1.32. The summed E-state index contributed by atoms with van der Waals surface area (Å²) in [6.45, 7) is 2.84. The number of fused-ring (bicyclic) bond motifs is 1. The summed E-state index contributed by atoms with van der Waals surface area (Å²) in [6, 6.07) is 6.99. The number of aryl methyl sites for hydroxylation is 1. The van der Waals surface area contributed by atoms with E-state index in [-0.39, 0.29) is 11.8 Å². The van der Waals surface area contributed by atoms with Gasteiger partial charge < -0.3 is 25.0 Å². The highest BCUT2D eigenvalue weighted by molar-refractivity contribution is 6.35. The molecule has 2 aliphatic rings. The van der Waals surface area contributed by atoms with Crippen molar-refractivity contribution in [3.8, 4) is 0 Å². The Morgan fingerprint density at radius 1 is 1.18 bits per heavy atom. The summed E-state index contributed by atoms with van der Waals surface area (Å²) in [4.78, 5) is 37.7. The maximum Gasteiger partial charge on any atom is 0.245 e. The first kappa shape index (κ1) is 22.7. The molecule has 5 rings (SSSR count). The van der Waals surface area contributed by atoms with Gasteiger partial charge in [-0.15, -0.1) is 0 Å². The molecule has 0 saturated carbocycles. The van der Waals surface area contributed by atoms with Gasteiger partial charge in [0.05, 0.1) is 5.52 Å². The van der Waals surface area contributed by atoms with Crippen LogP contribution in [0.3, 0.4) is 0 Å². The fourth-order valence-corrected chi connectivity index (χ4v) is 4.91. The number of amides is 2. The first-order valence-electron chi connectivity index (χ1n) is 11.2. The molecule has 0 aliphatic carbocycles. The van der Waals surface area contributed by atoms with Gasteiger partial charge in [-0.05, 0) is 30.2 Å². The van der Waals surface area contributed by atoms with Crippen molar-refractivity contribution in [1.82, 2.24) is 24.8 Å². The summed E-state index contributed by atoms with van der Waals surface area (Å²) in [5, 5.41) is 7.36. The van der Waals surface area contributed by atoms with E-state index in [1.54, 1.807) is 6.07 Å². The molecule has 0 unspecified atom stereocenters. The second-order valence-corrected chi connectivity index (χ2v) is 9.44. The second-order valence-electron chi connectivity index (χ2n) is 8.59. The highest BCUT2D eigenvalue weighted by Crippen LogP contribution is 2.27. The Bertz CT molecular complexity index is 1250. The van der Waals surface area contributed by atoms with Crippen LogP contribution in [0.2, 0.25) is 10.0 Å². The lowest BCUT2D eigenvalue weighted by Crippen LogP contribution is -2.53. The van der Waals surface area contributed by atoms with E-state index in [0.717, 1.165) is 16.6 Å². The van der Waals surface area contributed by atoms with Gasteiger partial charge in [-0.2, -0.15) is 4.98 Å². The molecule has 3 aromatic rings. The predicted octanol–water partition coefficient (Wildman–Crippen LogP) is 2.81. The maximum atomic E-state index is 12.7. The number of anilines is 2. The van der Waals surface area contributed by atoms with E-state index in [1.165, 1.54) is 0 Å². The van der Waals surface area contributed by atoms with Crippen molar-refractivity contribution in [3.05, 3.63) is 46.1 Å². The summed E-state index contributed by atoms with van der Waals surface area (Å²) in [6.07, 6.45) is 2.94. The summed E-state index contributed by atoms with van der Waals surface area (Å²) in [7, 11) is 1.96. The van der Waals surface area contributed by atoms with Gasteiger partial charge >= 0.3 is 0 Å². The number of piperazine rings is 1. The second kappa shape index (κ2) is 9.31. The van der Waals surface area contributed by atoms with E-state index in [0.29, 0.717) is 67.4 Å². The number of nitrogens with one attached hydrogen (secondary N) is 2. The zero-order chi connectivity index (χ0) is 23.8. The minimum atomic E-state index is -0.397. The van der Waals surface area contributed by atoms with Crippen molar-refractivity contribution in [1.29, 1.82) is 0 Å². The molecule has 2 N–H and O–H groups in total. The van der Waals surface area contributed by atoms with Crippen LogP contribution in [0.15, 0.2) is 30.5 Å². The molecule has 34 heavy (non-hydrogen) atoms. The van der Waals surface area contributed by atoms with Crippen molar-refractivity contribution in [2.24, 2.45) is 7.05 Å². The van der Waals surface area contributed by atoms with Crippen molar-refractivity contribution < 1.29 is 9.59 Å². The fourth-order valence-electron chi connectivity index (χ4n) is 4.44. The van der Waals surface area contributed by atoms with Gasteiger partial charge in [0.1, 0.15) is 11.6 Å². The fraction of sp³-hybridized carbons (Fsp3) is 0.391. The van der Waals surface area contributed by atoms with E-state index in [9.17, 15) is 9.59 Å². The van der Waals surface area contributed by atoms with E-state index in [1.807, 2.05) is 40.9 Å². The number of hydrogen-bond acceptors (Lipinski definition) is 6. The largest absolute Gasteiger partial charge is 0.364 e. The third kappa shape index (κ3) is 4.50. The average molecular weight is 502 g/mol. The number of benzene rings is 1. The Morgan fingerprint density at radius 3 is 2.68 bits per heavy atom. The molecule has 2 fully saturated rings. The number of rotatable bonds is 5. The third-order valence-corrected chi connectivity index (χ3v) is 6.92. The van der Waals surface area contributed by atoms with E-state index in [4.69, 9.17) is 33.2 Å². The smallest absolute Gasteiger partial charge is 0.245 e. The van der Waals surface area contributed by atoms with Gasteiger partial charge in [0.2, 0.25) is 17.8 Å². The number of hydrogen-bond donors (Lipinski definition) is 2. The molecule has 2 saturated heterocycles. The van der Waals surface area contributed by atoms with Gasteiger partial charge in [0, 0.05) is 62.4 Å². The lowest BCUT2D eigenvalue weighted by Gasteiger charge is -2.36. The van der Waals surface area contributed by atoms with Gasteiger partial charge in [-0.25, -0.2) is 4.98 Å². The van der Waals surface area contributed by atoms with Crippen LogP contribution in [-0.4, -0.2) is 63.5 Å². The normalized spacial score (nSPS) is 18.4. The minimum absolute atomic E-state index is 0.00729. The van der Waals surface area contributed by atoms with Crippen LogP contribution in [0.4, 0.5) is 11.8 Å².